The fraction of sp³-hybridized carbons (Fsp3) is 1.00. The van der Waals surface area contributed by atoms with Gasteiger partial charge in [-0.3, -0.25) is 0 Å². The molecule has 0 spiro atoms. The molecule has 0 aliphatic carbocycles. The van der Waals surface area contributed by atoms with Gasteiger partial charge in [-0.2, -0.15) is 35.3 Å². The molecular formula is C15H26O3S3. The minimum atomic E-state index is 0.457. The average Bonchev–Trinajstić information content (AvgIpc) is 3.34. The van der Waals surface area contributed by atoms with Gasteiger partial charge in [0.2, 0.25) is 0 Å². The van der Waals surface area contributed by atoms with Crippen molar-refractivity contribution >= 4 is 35.3 Å². The van der Waals surface area contributed by atoms with Crippen molar-refractivity contribution in [1.29, 1.82) is 0 Å². The topological polar surface area (TPSA) is 37.6 Å². The van der Waals surface area contributed by atoms with E-state index < -0.39 is 0 Å². The van der Waals surface area contributed by atoms with E-state index >= 15 is 0 Å². The summed E-state index contributed by atoms with van der Waals surface area (Å²) in [5.41, 5.74) is 0.457. The quantitative estimate of drug-likeness (QED) is 0.476. The van der Waals surface area contributed by atoms with E-state index in [4.69, 9.17) is 14.2 Å². The summed E-state index contributed by atoms with van der Waals surface area (Å²) < 4.78 is 16.0. The lowest BCUT2D eigenvalue weighted by Gasteiger charge is -2.32. The maximum Gasteiger partial charge on any atom is 0.0900 e. The Kier molecular flexibility index (Phi) is 6.51. The largest absolute Gasteiger partial charge is 0.372 e. The summed E-state index contributed by atoms with van der Waals surface area (Å²) >= 11 is 6.27. The molecule has 3 saturated heterocycles. The van der Waals surface area contributed by atoms with Gasteiger partial charge in [-0.05, 0) is 11.8 Å². The summed E-state index contributed by atoms with van der Waals surface area (Å²) in [7, 11) is 0. The van der Waals surface area contributed by atoms with Crippen molar-refractivity contribution in [3.05, 3.63) is 0 Å². The van der Waals surface area contributed by atoms with E-state index in [0.717, 1.165) is 19.8 Å². The molecule has 3 aliphatic rings. The molecule has 0 aromatic heterocycles. The molecule has 3 nitrogen and oxygen atoms in total. The van der Waals surface area contributed by atoms with Gasteiger partial charge >= 0.3 is 0 Å². The lowest BCUT2D eigenvalue weighted by Crippen LogP contribution is -2.30. The van der Waals surface area contributed by atoms with E-state index in [1.807, 2.05) is 0 Å². The predicted molar refractivity (Wildman–Crippen MR) is 93.9 cm³/mol. The third kappa shape index (κ3) is 6.51. The van der Waals surface area contributed by atoms with Gasteiger partial charge < -0.3 is 14.2 Å². The molecule has 0 aromatic carbocycles. The van der Waals surface area contributed by atoms with Crippen LogP contribution >= 0.6 is 35.3 Å². The molecule has 122 valence electrons. The van der Waals surface area contributed by atoms with E-state index in [2.05, 4.69) is 42.2 Å². The van der Waals surface area contributed by atoms with Crippen LogP contribution in [0.2, 0.25) is 0 Å². The molecule has 21 heavy (non-hydrogen) atoms. The minimum absolute atomic E-state index is 0.457. The highest BCUT2D eigenvalue weighted by molar-refractivity contribution is 8.01. The van der Waals surface area contributed by atoms with Crippen molar-refractivity contribution in [2.24, 2.45) is 5.41 Å². The molecular weight excluding hydrogens is 324 g/mol. The van der Waals surface area contributed by atoms with Crippen molar-refractivity contribution in [2.45, 2.75) is 31.7 Å². The summed E-state index contributed by atoms with van der Waals surface area (Å²) in [6.45, 7) is 5.30. The molecule has 0 aromatic rings. The Morgan fingerprint density at radius 1 is 0.762 bits per heavy atom. The van der Waals surface area contributed by atoms with Gasteiger partial charge in [-0.15, -0.1) is 0 Å². The van der Waals surface area contributed by atoms with Crippen molar-refractivity contribution in [3.63, 3.8) is 0 Å². The number of thioether (sulfide) groups is 3. The molecule has 3 heterocycles. The van der Waals surface area contributed by atoms with Crippen molar-refractivity contribution < 1.29 is 14.2 Å². The summed E-state index contributed by atoms with van der Waals surface area (Å²) in [5.74, 6) is 7.32. The fourth-order valence-electron chi connectivity index (χ4n) is 2.14. The van der Waals surface area contributed by atoms with Crippen LogP contribution in [0.3, 0.4) is 0 Å². The van der Waals surface area contributed by atoms with Gasteiger partial charge in [0.05, 0.1) is 38.1 Å². The number of ether oxygens (including phenoxy) is 3. The number of rotatable bonds is 13. The smallest absolute Gasteiger partial charge is 0.0900 e. The fourth-order valence-corrected chi connectivity index (χ4v) is 6.78. The Morgan fingerprint density at radius 2 is 1.10 bits per heavy atom. The van der Waals surface area contributed by atoms with Crippen LogP contribution in [0.5, 0.6) is 0 Å². The average molecular weight is 351 g/mol. The molecule has 3 atom stereocenters. The van der Waals surface area contributed by atoms with E-state index in [-0.39, 0.29) is 0 Å². The molecule has 6 heteroatoms. The Balaban J connectivity index is 1.41. The highest BCUT2D eigenvalue weighted by Gasteiger charge is 2.33. The molecule has 3 aliphatic heterocycles. The highest BCUT2D eigenvalue weighted by Crippen LogP contribution is 2.37. The molecule has 0 radical (unpaired) electrons. The normalized spacial score (nSPS) is 32.7. The number of hydrogen-bond acceptors (Lipinski definition) is 6. The van der Waals surface area contributed by atoms with Crippen molar-refractivity contribution in [1.82, 2.24) is 0 Å². The van der Waals surface area contributed by atoms with Crippen LogP contribution in [0.25, 0.3) is 0 Å². The summed E-state index contributed by atoms with van der Waals surface area (Å²) in [4.78, 5) is 0. The minimum Gasteiger partial charge on any atom is -0.372 e. The van der Waals surface area contributed by atoms with Gasteiger partial charge in [-0.1, -0.05) is 6.92 Å². The zero-order valence-electron chi connectivity index (χ0n) is 12.8. The lowest BCUT2D eigenvalue weighted by atomic mass is 9.92. The summed E-state index contributed by atoms with van der Waals surface area (Å²) in [6.07, 6.45) is 2.90. The van der Waals surface area contributed by atoms with Gasteiger partial charge in [0.15, 0.2) is 0 Å². The first-order chi connectivity index (χ1) is 10.3. The first kappa shape index (κ1) is 16.8. The Bertz CT molecular complexity index is 272. The number of hydrogen-bond donors (Lipinski definition) is 0. The van der Waals surface area contributed by atoms with E-state index in [1.165, 1.54) is 40.9 Å². The monoisotopic (exact) mass is 350 g/mol. The van der Waals surface area contributed by atoms with Crippen LogP contribution in [0.15, 0.2) is 0 Å². The van der Waals surface area contributed by atoms with Crippen molar-refractivity contribution in [3.8, 4) is 0 Å². The van der Waals surface area contributed by atoms with E-state index in [1.54, 1.807) is 0 Å². The third-order valence-corrected chi connectivity index (χ3v) is 8.37. The summed E-state index contributed by atoms with van der Waals surface area (Å²) in [6, 6.07) is 0. The predicted octanol–water partition coefficient (Wildman–Crippen LogP) is 2.78. The Hall–Kier alpha value is 0.930. The van der Waals surface area contributed by atoms with E-state index in [0.29, 0.717) is 23.7 Å². The second-order valence-electron chi connectivity index (χ2n) is 6.26. The molecule has 0 amide bonds. The van der Waals surface area contributed by atoms with Crippen molar-refractivity contribution in [2.75, 3.05) is 54.3 Å². The van der Waals surface area contributed by atoms with Crippen LogP contribution in [0.4, 0.5) is 0 Å². The second-order valence-corrected chi connectivity index (χ2v) is 9.36. The molecule has 0 bridgehead atoms. The molecule has 0 N–H and O–H groups in total. The van der Waals surface area contributed by atoms with Crippen LogP contribution in [0, 0.1) is 5.41 Å². The zero-order valence-corrected chi connectivity index (χ0v) is 15.2. The second kappa shape index (κ2) is 8.15. The van der Waals surface area contributed by atoms with Gasteiger partial charge in [0.25, 0.3) is 0 Å². The Morgan fingerprint density at radius 3 is 1.33 bits per heavy atom. The molecule has 0 saturated carbocycles. The highest BCUT2D eigenvalue weighted by atomic mass is 32.2. The standard InChI is InChI=1S/C15H26O3S3/c1-2-15(9-19-6-12-3-16-12,10-20-7-13-4-17-13)11-21-8-14-5-18-14/h12-14H,2-11H2,1H3. The molecule has 3 rings (SSSR count). The SMILES string of the molecule is CCC(CSCC1CO1)(CSCC1CO1)CSCC1CO1. The zero-order chi connectivity index (χ0) is 14.5. The Labute approximate surface area is 141 Å². The van der Waals surface area contributed by atoms with Gasteiger partial charge in [-0.25, -0.2) is 0 Å². The van der Waals surface area contributed by atoms with E-state index in [9.17, 15) is 0 Å². The maximum atomic E-state index is 5.33. The van der Waals surface area contributed by atoms with Gasteiger partial charge in [0.1, 0.15) is 0 Å². The van der Waals surface area contributed by atoms with Crippen LogP contribution in [-0.4, -0.2) is 72.6 Å². The van der Waals surface area contributed by atoms with Crippen LogP contribution in [0.1, 0.15) is 13.3 Å². The first-order valence-corrected chi connectivity index (χ1v) is 11.3. The lowest BCUT2D eigenvalue weighted by molar-refractivity contribution is 0.415. The van der Waals surface area contributed by atoms with Crippen LogP contribution in [-0.2, 0) is 14.2 Å². The number of epoxide rings is 3. The molecule has 3 unspecified atom stereocenters. The first-order valence-electron chi connectivity index (χ1n) is 7.88. The van der Waals surface area contributed by atoms with Gasteiger partial charge in [0, 0.05) is 34.5 Å². The molecule has 3 fully saturated rings. The third-order valence-electron chi connectivity index (χ3n) is 4.09. The maximum absolute atomic E-state index is 5.33. The van der Waals surface area contributed by atoms with Crippen LogP contribution < -0.4 is 0 Å². The summed E-state index contributed by atoms with van der Waals surface area (Å²) in [5, 5.41) is 0.